The Balaban J connectivity index is -0.000000211. The van der Waals surface area contributed by atoms with E-state index in [1.807, 2.05) is 0 Å². The fraction of sp³-hybridized carbons (Fsp3) is 0.222. The van der Waals surface area contributed by atoms with Crippen LogP contribution in [0.2, 0.25) is 0 Å². The van der Waals surface area contributed by atoms with Gasteiger partial charge >= 0.3 is 109 Å². The second-order valence-corrected chi connectivity index (χ2v) is 2.82. The van der Waals surface area contributed by atoms with Crippen molar-refractivity contribution in [2.45, 2.75) is 12.5 Å². The number of phenolic OH excluding ortho intramolecular Hbond substituents is 1. The monoisotopic (exact) mass is 261 g/mol. The van der Waals surface area contributed by atoms with Crippen molar-refractivity contribution < 1.29 is 121 Å². The van der Waals surface area contributed by atoms with Crippen LogP contribution < -0.4 is 109 Å². The summed E-state index contributed by atoms with van der Waals surface area (Å²) in [5.74, 6) is -0.860. The number of aromatic hydroxyl groups is 1. The molecule has 4 N–H and O–H groups in total. The van der Waals surface area contributed by atoms with E-state index in [4.69, 9.17) is 15.9 Å². The molecule has 0 aliphatic rings. The van der Waals surface area contributed by atoms with Gasteiger partial charge < -0.3 is 18.8 Å². The van der Waals surface area contributed by atoms with E-state index in [2.05, 4.69) is 0 Å². The van der Waals surface area contributed by atoms with Gasteiger partial charge in [-0.15, -0.1) is 0 Å². The molecule has 0 unspecified atom stereocenters. The fourth-order valence-corrected chi connectivity index (χ4v) is 0.973. The molecule has 0 aliphatic heterocycles. The zero-order valence-electron chi connectivity index (χ0n) is 11.0. The van der Waals surface area contributed by atoms with Gasteiger partial charge in [0.05, 0.1) is 0 Å². The van der Waals surface area contributed by atoms with Crippen LogP contribution in [0.15, 0.2) is 24.3 Å². The van der Waals surface area contributed by atoms with Crippen molar-refractivity contribution in [3.05, 3.63) is 29.8 Å². The van der Waals surface area contributed by atoms with E-state index < -0.39 is 12.0 Å². The molecule has 0 aliphatic carbocycles. The molecule has 1 rings (SSSR count). The third kappa shape index (κ3) is 7.61. The number of carbonyl (C=O) groups is 1. The third-order valence-electron chi connectivity index (χ3n) is 1.71. The summed E-state index contributed by atoms with van der Waals surface area (Å²) >= 11 is 0. The third-order valence-corrected chi connectivity index (χ3v) is 1.71. The van der Waals surface area contributed by atoms with E-state index in [-0.39, 0.29) is 118 Å². The molecule has 0 fully saturated rings. The molecule has 6 heteroatoms. The molecule has 15 heavy (non-hydrogen) atoms. The summed E-state index contributed by atoms with van der Waals surface area (Å²) in [6, 6.07) is 5.42. The molecule has 0 spiro atoms. The maximum atomic E-state index is 10.4. The zero-order valence-corrected chi connectivity index (χ0v) is 15.2. The summed E-state index contributed by atoms with van der Waals surface area (Å²) in [5, 5.41) is 17.5. The number of nitrogens with two attached hydrogens (primary N) is 1. The number of aliphatic carboxylic acids is 1. The molecule has 0 amide bonds. The van der Waals surface area contributed by atoms with E-state index in [1.165, 1.54) is 12.1 Å². The predicted molar refractivity (Wildman–Crippen MR) is 49.6 cm³/mol. The summed E-state index contributed by atoms with van der Waals surface area (Å²) in [6.07, 6.45) is 0.273. The normalized spacial score (nSPS) is 10.7. The number of phenols is 1. The summed E-state index contributed by atoms with van der Waals surface area (Å²) < 4.78 is 0. The Kier molecular flexibility index (Phi) is 12.4. The summed E-state index contributed by atoms with van der Waals surface area (Å²) in [7, 11) is 0. The van der Waals surface area contributed by atoms with Crippen molar-refractivity contribution in [3.8, 4) is 5.75 Å². The van der Waals surface area contributed by atoms with Gasteiger partial charge in [0.1, 0.15) is 11.8 Å². The topological polar surface area (TPSA) is 83.5 Å². The van der Waals surface area contributed by atoms with Gasteiger partial charge in [-0.2, -0.15) is 0 Å². The zero-order chi connectivity index (χ0) is 9.84. The van der Waals surface area contributed by atoms with Crippen LogP contribution in [0.25, 0.3) is 0 Å². The number of carboxylic acid groups (broad SMARTS) is 1. The summed E-state index contributed by atoms with van der Waals surface area (Å²) in [6.45, 7) is 0. The second kappa shape index (κ2) is 9.72. The maximum Gasteiger partial charge on any atom is 1.00 e. The number of carboxylic acids is 1. The fourth-order valence-electron chi connectivity index (χ4n) is 0.973. The predicted octanol–water partition coefficient (Wildman–Crippen LogP) is -5.42. The van der Waals surface area contributed by atoms with Crippen molar-refractivity contribution in [2.24, 2.45) is 5.73 Å². The average molecular weight is 261 g/mol. The second-order valence-electron chi connectivity index (χ2n) is 2.82. The largest absolute Gasteiger partial charge is 1.00 e. The quantitative estimate of drug-likeness (QED) is 0.474. The molecule has 4 nitrogen and oxygen atoms in total. The van der Waals surface area contributed by atoms with Crippen molar-refractivity contribution in [1.29, 1.82) is 0 Å². The molecule has 1 atom stereocenters. The van der Waals surface area contributed by atoms with Gasteiger partial charge in [-0.3, -0.25) is 4.79 Å². The van der Waals surface area contributed by atoms with E-state index in [9.17, 15) is 4.79 Å². The average Bonchev–Trinajstić information content (AvgIpc) is 2.08. The van der Waals surface area contributed by atoms with Gasteiger partial charge in [0.15, 0.2) is 0 Å². The molecule has 0 aromatic heterocycles. The Hall–Kier alpha value is 1.72. The smallest absolute Gasteiger partial charge is 1.00 e. The van der Waals surface area contributed by atoms with Crippen molar-refractivity contribution in [1.82, 2.24) is 0 Å². The number of hydrogen-bond donors (Lipinski definition) is 3. The number of benzene rings is 1. The van der Waals surface area contributed by atoms with Crippen LogP contribution in [0, 0.1) is 0 Å². The van der Waals surface area contributed by atoms with Crippen LogP contribution in [-0.2, 0) is 11.2 Å². The minimum absolute atomic E-state index is 0. The van der Waals surface area contributed by atoms with E-state index in [1.54, 1.807) is 12.1 Å². The molecule has 0 radical (unpaired) electrons. The van der Waals surface area contributed by atoms with Crippen LogP contribution in [0.5, 0.6) is 5.75 Å². The Morgan fingerprint density at radius 3 is 2.20 bits per heavy atom. The summed E-state index contributed by atoms with van der Waals surface area (Å²) in [5.41, 5.74) is 6.12. The van der Waals surface area contributed by atoms with Gasteiger partial charge in [-0.05, 0) is 24.1 Å². The van der Waals surface area contributed by atoms with Gasteiger partial charge in [0.2, 0.25) is 0 Å². The Bertz CT molecular complexity index is 312. The molecule has 0 saturated carbocycles. The van der Waals surface area contributed by atoms with Crippen LogP contribution >= 0.6 is 0 Å². The summed E-state index contributed by atoms with van der Waals surface area (Å²) in [4.78, 5) is 10.4. The standard InChI is InChI=1S/C9H11NO3.2K.2H/c10-8(9(12)13)5-6-1-3-7(11)4-2-6;;;;/h1-4,8,11H,5,10H2,(H,12,13);;;;/q;2*+1;2*-1/t8-;;;;/m0..../s1. The molecule has 1 aromatic rings. The Morgan fingerprint density at radius 2 is 1.80 bits per heavy atom. The Labute approximate surface area is 176 Å². The van der Waals surface area contributed by atoms with E-state index in [0.29, 0.717) is 0 Å². The molecule has 0 heterocycles. The minimum Gasteiger partial charge on any atom is -1.00 e. The number of hydrogen-bond acceptors (Lipinski definition) is 3. The van der Waals surface area contributed by atoms with Crippen molar-refractivity contribution in [2.75, 3.05) is 0 Å². The van der Waals surface area contributed by atoms with Crippen molar-refractivity contribution >= 4 is 5.97 Å². The maximum absolute atomic E-state index is 10.4. The van der Waals surface area contributed by atoms with Crippen LogP contribution in [0.1, 0.15) is 8.42 Å². The van der Waals surface area contributed by atoms with Gasteiger partial charge in [-0.25, -0.2) is 0 Å². The molecule has 0 saturated heterocycles. The molecular weight excluding hydrogens is 248 g/mol. The van der Waals surface area contributed by atoms with Crippen LogP contribution in [-0.4, -0.2) is 22.2 Å². The van der Waals surface area contributed by atoms with Gasteiger partial charge in [-0.1, -0.05) is 12.1 Å². The van der Waals surface area contributed by atoms with Crippen LogP contribution in [0.4, 0.5) is 0 Å². The molecular formula is C9H13K2NO3. The first kappa shape index (κ1) is 19.1. The first-order valence-corrected chi connectivity index (χ1v) is 3.86. The molecule has 0 bridgehead atoms. The first-order valence-electron chi connectivity index (χ1n) is 3.86. The number of rotatable bonds is 3. The molecule has 74 valence electrons. The van der Waals surface area contributed by atoms with E-state index in [0.717, 1.165) is 5.56 Å². The first-order chi connectivity index (χ1) is 6.09. The van der Waals surface area contributed by atoms with Crippen molar-refractivity contribution in [3.63, 3.8) is 0 Å². The van der Waals surface area contributed by atoms with E-state index >= 15 is 0 Å². The minimum atomic E-state index is -1.02. The van der Waals surface area contributed by atoms with Crippen LogP contribution in [0.3, 0.4) is 0 Å². The Morgan fingerprint density at radius 1 is 1.33 bits per heavy atom. The SMILES string of the molecule is N[C@@H](Cc1ccc(O)cc1)C(=O)O.[H-].[H-].[K+].[K+]. The molecule has 1 aromatic carbocycles. The van der Waals surface area contributed by atoms with Gasteiger partial charge in [0.25, 0.3) is 0 Å². The van der Waals surface area contributed by atoms with Gasteiger partial charge in [0, 0.05) is 0 Å².